The average molecular weight is 276 g/mol. The molecule has 0 fully saturated rings. The molecule has 1 N–H and O–H groups in total. The van der Waals surface area contributed by atoms with E-state index in [2.05, 4.69) is 0 Å². The van der Waals surface area contributed by atoms with Gasteiger partial charge in [0.15, 0.2) is 0 Å². The molecule has 0 radical (unpaired) electrons. The van der Waals surface area contributed by atoms with Crippen LogP contribution in [0.5, 0.6) is 5.75 Å². The molecule has 4 nitrogen and oxygen atoms in total. The predicted molar refractivity (Wildman–Crippen MR) is 50.6 cm³/mol. The Bertz CT molecular complexity index is 455. The molecule has 0 saturated heterocycles. The zero-order chi connectivity index (χ0) is 13.7. The molecule has 98 valence electrons. The van der Waals surface area contributed by atoms with Crippen LogP contribution in [0.3, 0.4) is 0 Å². The Hall–Kier alpha value is -1.35. The summed E-state index contributed by atoms with van der Waals surface area (Å²) in [5.41, 5.74) is -5.53. The van der Waals surface area contributed by atoms with E-state index >= 15 is 0 Å². The van der Waals surface area contributed by atoms with Crippen molar-refractivity contribution in [2.45, 2.75) is 5.51 Å². The molecule has 0 aromatic heterocycles. The van der Waals surface area contributed by atoms with E-state index in [9.17, 15) is 17.6 Å². The summed E-state index contributed by atoms with van der Waals surface area (Å²) in [6.45, 7) is 0. The van der Waals surface area contributed by atoms with Crippen LogP contribution < -0.4 is 4.74 Å². The normalized spacial score (nSPS) is 11.4. The molecule has 0 spiro atoms. The smallest absolute Gasteiger partial charge is 0.497 e. The highest BCUT2D eigenvalue weighted by Crippen LogP contribution is 2.20. The van der Waals surface area contributed by atoms with Crippen LogP contribution in [0.1, 0.15) is 0 Å². The van der Waals surface area contributed by atoms with Gasteiger partial charge >= 0.3 is 15.6 Å². The summed E-state index contributed by atoms with van der Waals surface area (Å²) >= 11 is 0. The molecule has 1 rings (SSSR count). The average Bonchev–Trinajstić information content (AvgIpc) is 2.15. The Morgan fingerprint density at radius 3 is 2.00 bits per heavy atom. The minimum absolute atomic E-state index is 0.269. The number of halogens is 4. The van der Waals surface area contributed by atoms with Gasteiger partial charge in [-0.2, -0.15) is 21.6 Å². The molecule has 9 heteroatoms. The van der Waals surface area contributed by atoms with Crippen LogP contribution in [-0.4, -0.2) is 25.6 Å². The minimum Gasteiger partial charge on any atom is -0.497 e. The molecular formula is C8H8F4O4S. The fourth-order valence-electron chi connectivity index (χ4n) is 0.594. The van der Waals surface area contributed by atoms with Crippen molar-refractivity contribution in [2.75, 3.05) is 7.11 Å². The second kappa shape index (κ2) is 5.82. The van der Waals surface area contributed by atoms with E-state index in [0.717, 1.165) is 0 Å². The van der Waals surface area contributed by atoms with Crippen LogP contribution >= 0.6 is 0 Å². The van der Waals surface area contributed by atoms with Crippen LogP contribution in [0.4, 0.5) is 17.6 Å². The lowest BCUT2D eigenvalue weighted by atomic mass is 10.3. The molecule has 0 bridgehead atoms. The van der Waals surface area contributed by atoms with Crippen molar-refractivity contribution in [1.29, 1.82) is 0 Å². The molecule has 0 amide bonds. The Kier molecular flexibility index (Phi) is 5.36. The third-order valence-electron chi connectivity index (χ3n) is 1.32. The second-order valence-electron chi connectivity index (χ2n) is 2.58. The van der Waals surface area contributed by atoms with E-state index in [1.165, 1.54) is 19.2 Å². The van der Waals surface area contributed by atoms with E-state index in [0.29, 0.717) is 5.75 Å². The van der Waals surface area contributed by atoms with Crippen molar-refractivity contribution in [1.82, 2.24) is 0 Å². The van der Waals surface area contributed by atoms with E-state index in [1.54, 1.807) is 12.1 Å². The molecule has 1 aromatic carbocycles. The fraction of sp³-hybridized carbons (Fsp3) is 0.250. The summed E-state index contributed by atoms with van der Waals surface area (Å²) in [6, 6.07) is 6.01. The van der Waals surface area contributed by atoms with Crippen LogP contribution in [0.15, 0.2) is 24.3 Å². The largest absolute Gasteiger partial charge is 0.522 e. The first-order valence-electron chi connectivity index (χ1n) is 3.91. The van der Waals surface area contributed by atoms with Gasteiger partial charge in [0.05, 0.1) is 7.11 Å². The summed E-state index contributed by atoms with van der Waals surface area (Å²) in [6.07, 6.45) is 0. The summed E-state index contributed by atoms with van der Waals surface area (Å²) in [5, 5.41) is 0. The molecule has 0 heterocycles. The maximum atomic E-state index is 12.3. The first-order chi connectivity index (χ1) is 7.58. The molecule has 0 atom stereocenters. The monoisotopic (exact) mass is 276 g/mol. The van der Waals surface area contributed by atoms with Gasteiger partial charge in [-0.05, 0) is 12.1 Å². The van der Waals surface area contributed by atoms with Crippen LogP contribution in [0, 0.1) is 5.82 Å². The third-order valence-corrected chi connectivity index (χ3v) is 1.91. The van der Waals surface area contributed by atoms with Crippen LogP contribution in [0.25, 0.3) is 0 Å². The zero-order valence-corrected chi connectivity index (χ0v) is 9.22. The van der Waals surface area contributed by atoms with E-state index in [1.807, 2.05) is 0 Å². The Labute approximate surface area is 94.6 Å². The zero-order valence-electron chi connectivity index (χ0n) is 8.40. The van der Waals surface area contributed by atoms with Gasteiger partial charge in [-0.15, -0.1) is 0 Å². The van der Waals surface area contributed by atoms with Crippen molar-refractivity contribution in [3.05, 3.63) is 30.1 Å². The predicted octanol–water partition coefficient (Wildman–Crippen LogP) is 2.23. The molecule has 0 aliphatic rings. The summed E-state index contributed by atoms with van der Waals surface area (Å²) in [7, 11) is -4.33. The van der Waals surface area contributed by atoms with Gasteiger partial charge in [-0.3, -0.25) is 4.55 Å². The van der Waals surface area contributed by atoms with E-state index in [4.69, 9.17) is 17.7 Å². The number of rotatable bonds is 1. The summed E-state index contributed by atoms with van der Waals surface area (Å²) in [5.74, 6) is 0.282. The van der Waals surface area contributed by atoms with Crippen LogP contribution in [0.2, 0.25) is 0 Å². The Morgan fingerprint density at radius 2 is 1.76 bits per heavy atom. The Balaban J connectivity index is 0.000000304. The second-order valence-corrected chi connectivity index (χ2v) is 4.00. The molecule has 0 saturated carbocycles. The number of methoxy groups -OCH3 is 1. The van der Waals surface area contributed by atoms with E-state index in [-0.39, 0.29) is 5.82 Å². The molecule has 0 aliphatic carbocycles. The third kappa shape index (κ3) is 6.07. The van der Waals surface area contributed by atoms with Crippen molar-refractivity contribution in [3.8, 4) is 5.75 Å². The van der Waals surface area contributed by atoms with Gasteiger partial charge in [-0.1, -0.05) is 6.07 Å². The number of ether oxygens (including phenoxy) is 1. The minimum atomic E-state index is -5.84. The van der Waals surface area contributed by atoms with Crippen molar-refractivity contribution in [3.63, 3.8) is 0 Å². The lowest BCUT2D eigenvalue weighted by Gasteiger charge is -1.97. The van der Waals surface area contributed by atoms with Gasteiger partial charge in [-0.25, -0.2) is 4.39 Å². The highest BCUT2D eigenvalue weighted by atomic mass is 32.2. The fourth-order valence-corrected chi connectivity index (χ4v) is 0.594. The van der Waals surface area contributed by atoms with Gasteiger partial charge in [0, 0.05) is 6.07 Å². The maximum Gasteiger partial charge on any atom is 0.522 e. The van der Waals surface area contributed by atoms with E-state index < -0.39 is 15.6 Å². The molecule has 1 aromatic rings. The van der Waals surface area contributed by atoms with Gasteiger partial charge in [0.2, 0.25) is 0 Å². The quantitative estimate of drug-likeness (QED) is 0.485. The summed E-state index contributed by atoms with van der Waals surface area (Å²) < 4.78 is 74.6. The SMILES string of the molecule is COc1cccc(F)c1.O=S(=O)(O)C(F)(F)F. The summed E-state index contributed by atoms with van der Waals surface area (Å²) in [4.78, 5) is 0. The number of benzene rings is 1. The van der Waals surface area contributed by atoms with Gasteiger partial charge < -0.3 is 4.74 Å². The molecule has 0 unspecified atom stereocenters. The number of hydrogen-bond donors (Lipinski definition) is 1. The molecule has 17 heavy (non-hydrogen) atoms. The maximum absolute atomic E-state index is 12.3. The first kappa shape index (κ1) is 15.6. The topological polar surface area (TPSA) is 63.6 Å². The lowest BCUT2D eigenvalue weighted by molar-refractivity contribution is -0.0510. The Morgan fingerprint density at radius 1 is 1.29 bits per heavy atom. The van der Waals surface area contributed by atoms with Gasteiger partial charge in [0.25, 0.3) is 0 Å². The molecule has 0 aliphatic heterocycles. The number of hydrogen-bond acceptors (Lipinski definition) is 3. The first-order valence-corrected chi connectivity index (χ1v) is 5.35. The van der Waals surface area contributed by atoms with Crippen molar-refractivity contribution < 1.29 is 35.3 Å². The highest BCUT2D eigenvalue weighted by Gasteiger charge is 2.44. The van der Waals surface area contributed by atoms with Crippen molar-refractivity contribution in [2.24, 2.45) is 0 Å². The van der Waals surface area contributed by atoms with Crippen molar-refractivity contribution >= 4 is 10.1 Å². The lowest BCUT2D eigenvalue weighted by Crippen LogP contribution is -2.21. The molecular weight excluding hydrogens is 268 g/mol. The standard InChI is InChI=1S/C7H7FO.CHF3O3S/c1-9-7-4-2-3-6(8)5-7;2-1(3,4)8(5,6)7/h2-5H,1H3;(H,5,6,7). The number of alkyl halides is 3. The van der Waals surface area contributed by atoms with Crippen LogP contribution in [-0.2, 0) is 10.1 Å². The van der Waals surface area contributed by atoms with Gasteiger partial charge in [0.1, 0.15) is 11.6 Å². The highest BCUT2D eigenvalue weighted by molar-refractivity contribution is 7.86.